The minimum atomic E-state index is -0.787. The summed E-state index contributed by atoms with van der Waals surface area (Å²) in [7, 11) is 0. The van der Waals surface area contributed by atoms with Crippen LogP contribution in [-0.4, -0.2) is 34.9 Å². The standard InChI is InChI=1S/C17H22N4O3/c1-17(2,3)24-16(23)20-19-14-12-7-6-11(21-8-4-5-9-21)10-13(12)18-15(14)22/h6-7,10,18,22H,4-5,8-9H2,1-3H3. The molecule has 1 fully saturated rings. The van der Waals surface area contributed by atoms with Crippen molar-refractivity contribution in [2.45, 2.75) is 39.2 Å². The maximum atomic E-state index is 11.6. The number of aromatic nitrogens is 1. The fourth-order valence-electron chi connectivity index (χ4n) is 2.80. The molecule has 3 rings (SSSR count). The number of ether oxygens (including phenoxy) is 1. The van der Waals surface area contributed by atoms with Crippen LogP contribution in [0.15, 0.2) is 28.4 Å². The number of benzene rings is 1. The number of hydrogen-bond acceptors (Lipinski definition) is 5. The van der Waals surface area contributed by atoms with Gasteiger partial charge in [-0.05, 0) is 51.8 Å². The minimum Gasteiger partial charge on any atom is -0.493 e. The highest BCUT2D eigenvalue weighted by Gasteiger charge is 2.18. The van der Waals surface area contributed by atoms with Crippen LogP contribution in [0.2, 0.25) is 0 Å². The molecule has 1 saturated heterocycles. The van der Waals surface area contributed by atoms with Crippen LogP contribution in [0.25, 0.3) is 10.9 Å². The molecule has 1 aliphatic rings. The zero-order chi connectivity index (χ0) is 17.3. The Labute approximate surface area is 140 Å². The zero-order valence-corrected chi connectivity index (χ0v) is 14.2. The SMILES string of the molecule is CC(C)(C)OC(=O)N=Nc1c(O)[nH]c2cc(N3CCCC3)ccc12. The molecule has 0 unspecified atom stereocenters. The van der Waals surface area contributed by atoms with E-state index in [4.69, 9.17) is 4.74 Å². The highest BCUT2D eigenvalue weighted by atomic mass is 16.6. The topological polar surface area (TPSA) is 90.3 Å². The molecule has 1 aromatic heterocycles. The van der Waals surface area contributed by atoms with Gasteiger partial charge in [-0.3, -0.25) is 0 Å². The Morgan fingerprint density at radius 1 is 1.29 bits per heavy atom. The molecule has 1 aliphatic heterocycles. The van der Waals surface area contributed by atoms with Crippen molar-refractivity contribution < 1.29 is 14.6 Å². The number of rotatable bonds is 2. The average molecular weight is 330 g/mol. The summed E-state index contributed by atoms with van der Waals surface area (Å²) in [5.74, 6) is -0.115. The lowest BCUT2D eigenvalue weighted by atomic mass is 10.2. The van der Waals surface area contributed by atoms with E-state index in [9.17, 15) is 9.90 Å². The summed E-state index contributed by atoms with van der Waals surface area (Å²) < 4.78 is 5.08. The Balaban J connectivity index is 1.86. The van der Waals surface area contributed by atoms with E-state index >= 15 is 0 Å². The number of carbonyl (C=O) groups is 1. The Kier molecular flexibility index (Phi) is 4.17. The van der Waals surface area contributed by atoms with Crippen LogP contribution >= 0.6 is 0 Å². The first-order valence-corrected chi connectivity index (χ1v) is 8.08. The molecule has 0 saturated carbocycles. The highest BCUT2D eigenvalue weighted by molar-refractivity contribution is 5.96. The molecule has 0 aliphatic carbocycles. The van der Waals surface area contributed by atoms with Gasteiger partial charge in [-0.25, -0.2) is 4.79 Å². The van der Waals surface area contributed by atoms with E-state index in [2.05, 4.69) is 20.1 Å². The lowest BCUT2D eigenvalue weighted by molar-refractivity contribution is 0.0592. The Bertz CT molecular complexity index is 783. The van der Waals surface area contributed by atoms with Gasteiger partial charge >= 0.3 is 6.09 Å². The fraction of sp³-hybridized carbons (Fsp3) is 0.471. The molecule has 0 bridgehead atoms. The normalized spacial score (nSPS) is 15.5. The Hall–Kier alpha value is -2.57. The van der Waals surface area contributed by atoms with E-state index in [0.717, 1.165) is 24.3 Å². The zero-order valence-electron chi connectivity index (χ0n) is 14.2. The van der Waals surface area contributed by atoms with E-state index in [-0.39, 0.29) is 11.6 Å². The van der Waals surface area contributed by atoms with E-state index in [1.54, 1.807) is 20.8 Å². The first-order valence-electron chi connectivity index (χ1n) is 8.08. The van der Waals surface area contributed by atoms with Crippen molar-refractivity contribution in [2.24, 2.45) is 10.2 Å². The number of fused-ring (bicyclic) bond motifs is 1. The summed E-state index contributed by atoms with van der Waals surface area (Å²) in [6.07, 6.45) is 1.61. The Morgan fingerprint density at radius 2 is 2.00 bits per heavy atom. The van der Waals surface area contributed by atoms with Crippen molar-refractivity contribution in [3.8, 4) is 5.88 Å². The predicted molar refractivity (Wildman–Crippen MR) is 92.2 cm³/mol. The van der Waals surface area contributed by atoms with Crippen molar-refractivity contribution in [1.29, 1.82) is 0 Å². The summed E-state index contributed by atoms with van der Waals surface area (Å²) in [6, 6.07) is 5.85. The third-order valence-corrected chi connectivity index (χ3v) is 3.83. The quantitative estimate of drug-likeness (QED) is 0.794. The summed E-state index contributed by atoms with van der Waals surface area (Å²) in [5, 5.41) is 18.2. The van der Waals surface area contributed by atoms with Crippen LogP contribution in [0.3, 0.4) is 0 Å². The van der Waals surface area contributed by atoms with E-state index in [1.807, 2.05) is 18.2 Å². The summed E-state index contributed by atoms with van der Waals surface area (Å²) >= 11 is 0. The summed E-state index contributed by atoms with van der Waals surface area (Å²) in [4.78, 5) is 16.8. The molecule has 7 nitrogen and oxygen atoms in total. The lowest BCUT2D eigenvalue weighted by Crippen LogP contribution is -2.21. The number of hydrogen-bond donors (Lipinski definition) is 2. The third-order valence-electron chi connectivity index (χ3n) is 3.83. The lowest BCUT2D eigenvalue weighted by Gasteiger charge is -2.17. The number of nitrogens with zero attached hydrogens (tertiary/aromatic N) is 3. The number of aromatic amines is 1. The van der Waals surface area contributed by atoms with Gasteiger partial charge in [0.2, 0.25) is 5.88 Å². The smallest absolute Gasteiger partial charge is 0.452 e. The van der Waals surface area contributed by atoms with Crippen LogP contribution in [0.1, 0.15) is 33.6 Å². The monoisotopic (exact) mass is 330 g/mol. The molecule has 0 spiro atoms. The van der Waals surface area contributed by atoms with Crippen molar-refractivity contribution >= 4 is 28.4 Å². The van der Waals surface area contributed by atoms with Gasteiger partial charge in [0.15, 0.2) is 5.69 Å². The largest absolute Gasteiger partial charge is 0.493 e. The number of amides is 1. The summed E-state index contributed by atoms with van der Waals surface area (Å²) in [5.41, 5.74) is 1.47. The highest BCUT2D eigenvalue weighted by Crippen LogP contribution is 2.37. The van der Waals surface area contributed by atoms with Crippen molar-refractivity contribution in [2.75, 3.05) is 18.0 Å². The van der Waals surface area contributed by atoms with E-state index in [0.29, 0.717) is 5.39 Å². The molecular weight excluding hydrogens is 308 g/mol. The molecule has 128 valence electrons. The van der Waals surface area contributed by atoms with Gasteiger partial charge in [0, 0.05) is 24.2 Å². The molecule has 0 atom stereocenters. The van der Waals surface area contributed by atoms with Gasteiger partial charge in [-0.15, -0.1) is 5.11 Å². The van der Waals surface area contributed by atoms with Crippen LogP contribution < -0.4 is 4.90 Å². The number of H-pyrrole nitrogens is 1. The molecule has 0 radical (unpaired) electrons. The molecule has 2 aromatic rings. The summed E-state index contributed by atoms with van der Waals surface area (Å²) in [6.45, 7) is 7.35. The van der Waals surface area contributed by atoms with Gasteiger partial charge in [0.1, 0.15) is 5.60 Å². The molecule has 2 N–H and O–H groups in total. The second-order valence-electron chi connectivity index (χ2n) is 6.93. The van der Waals surface area contributed by atoms with Gasteiger partial charge in [0.25, 0.3) is 0 Å². The average Bonchev–Trinajstić information content (AvgIpc) is 3.09. The maximum Gasteiger partial charge on any atom is 0.452 e. The third kappa shape index (κ3) is 3.50. The van der Waals surface area contributed by atoms with E-state index < -0.39 is 11.7 Å². The Morgan fingerprint density at radius 3 is 2.67 bits per heavy atom. The van der Waals surface area contributed by atoms with Gasteiger partial charge in [-0.2, -0.15) is 0 Å². The van der Waals surface area contributed by atoms with Crippen LogP contribution in [-0.2, 0) is 4.74 Å². The van der Waals surface area contributed by atoms with Crippen molar-refractivity contribution in [3.05, 3.63) is 18.2 Å². The van der Waals surface area contributed by atoms with Crippen molar-refractivity contribution in [3.63, 3.8) is 0 Å². The minimum absolute atomic E-state index is 0.115. The number of nitrogens with one attached hydrogen (secondary N) is 1. The van der Waals surface area contributed by atoms with Crippen molar-refractivity contribution in [1.82, 2.24) is 4.98 Å². The molecule has 24 heavy (non-hydrogen) atoms. The van der Waals surface area contributed by atoms with Gasteiger partial charge in [0.05, 0.1) is 5.52 Å². The van der Waals surface area contributed by atoms with Gasteiger partial charge < -0.3 is 19.7 Å². The number of carbonyl (C=O) groups excluding carboxylic acids is 1. The van der Waals surface area contributed by atoms with E-state index in [1.165, 1.54) is 12.8 Å². The number of aromatic hydroxyl groups is 1. The number of anilines is 1. The number of azo groups is 1. The fourth-order valence-corrected chi connectivity index (χ4v) is 2.80. The predicted octanol–water partition coefficient (Wildman–Crippen LogP) is 4.49. The maximum absolute atomic E-state index is 11.6. The van der Waals surface area contributed by atoms with Crippen LogP contribution in [0.5, 0.6) is 5.88 Å². The van der Waals surface area contributed by atoms with Crippen LogP contribution in [0.4, 0.5) is 16.2 Å². The first kappa shape index (κ1) is 16.3. The molecule has 1 aromatic carbocycles. The first-order chi connectivity index (χ1) is 11.3. The van der Waals surface area contributed by atoms with Gasteiger partial charge in [-0.1, -0.05) is 5.11 Å². The second-order valence-corrected chi connectivity index (χ2v) is 6.93. The van der Waals surface area contributed by atoms with Crippen LogP contribution in [0, 0.1) is 0 Å². The molecular formula is C17H22N4O3. The molecule has 2 heterocycles. The molecule has 1 amide bonds. The second kappa shape index (κ2) is 6.14. The molecule has 7 heteroatoms.